The quantitative estimate of drug-likeness (QED) is 0.534. The van der Waals surface area contributed by atoms with E-state index < -0.39 is 6.10 Å². The molecule has 0 aromatic heterocycles. The molecule has 0 amide bonds. The van der Waals surface area contributed by atoms with E-state index in [1.165, 1.54) is 0 Å². The topological polar surface area (TPSA) is 46.5 Å². The van der Waals surface area contributed by atoms with Crippen molar-refractivity contribution in [2.24, 2.45) is 28.6 Å². The summed E-state index contributed by atoms with van der Waals surface area (Å²) in [5.74, 6) is 0.474. The lowest BCUT2D eigenvalue weighted by Gasteiger charge is -2.45. The molecule has 3 unspecified atom stereocenters. The molecule has 0 saturated carbocycles. The first-order valence-corrected chi connectivity index (χ1v) is 10.7. The summed E-state index contributed by atoms with van der Waals surface area (Å²) >= 11 is 0. The first-order valence-electron chi connectivity index (χ1n) is 10.7. The van der Waals surface area contributed by atoms with Crippen molar-refractivity contribution in [1.82, 2.24) is 0 Å². The lowest BCUT2D eigenvalue weighted by molar-refractivity contribution is -0.145. The van der Waals surface area contributed by atoms with E-state index in [-0.39, 0.29) is 28.6 Å². The van der Waals surface area contributed by atoms with E-state index in [9.17, 15) is 9.90 Å². The summed E-state index contributed by atoms with van der Waals surface area (Å²) in [7, 11) is 0. The average molecular weight is 391 g/mol. The maximum atomic E-state index is 12.1. The second-order valence-electron chi connectivity index (χ2n) is 10.6. The van der Waals surface area contributed by atoms with Gasteiger partial charge in [-0.05, 0) is 47.0 Å². The van der Waals surface area contributed by atoms with Crippen molar-refractivity contribution in [3.8, 4) is 0 Å². The smallest absolute Gasteiger partial charge is 0.306 e. The van der Waals surface area contributed by atoms with Gasteiger partial charge in [0.15, 0.2) is 0 Å². The number of carbonyl (C=O) groups is 1. The molecule has 1 aromatic rings. The van der Waals surface area contributed by atoms with Crippen molar-refractivity contribution in [1.29, 1.82) is 0 Å². The van der Waals surface area contributed by atoms with Gasteiger partial charge in [-0.2, -0.15) is 0 Å². The van der Waals surface area contributed by atoms with Crippen LogP contribution in [0.1, 0.15) is 73.8 Å². The summed E-state index contributed by atoms with van der Waals surface area (Å²) in [4.78, 5) is 12.1. The minimum atomic E-state index is -0.428. The number of benzene rings is 1. The second-order valence-corrected chi connectivity index (χ2v) is 10.6. The third kappa shape index (κ3) is 7.95. The molecule has 1 aromatic carbocycles. The Kier molecular flexibility index (Phi) is 9.20. The van der Waals surface area contributed by atoms with Crippen LogP contribution in [-0.4, -0.2) is 23.8 Å². The Hall–Kier alpha value is -1.35. The minimum absolute atomic E-state index is 0.0173. The molecule has 0 bridgehead atoms. The van der Waals surface area contributed by atoms with Gasteiger partial charge in [0.1, 0.15) is 0 Å². The molecule has 0 spiro atoms. The van der Waals surface area contributed by atoms with Crippen LogP contribution < -0.4 is 0 Å². The number of rotatable bonds is 9. The van der Waals surface area contributed by atoms with Gasteiger partial charge in [-0.25, -0.2) is 0 Å². The number of ether oxygens (including phenoxy) is 1. The Balaban J connectivity index is 2.65. The van der Waals surface area contributed by atoms with Gasteiger partial charge in [0.2, 0.25) is 0 Å². The zero-order valence-electron chi connectivity index (χ0n) is 19.3. The molecule has 0 fully saturated rings. The Morgan fingerprint density at radius 1 is 1.00 bits per heavy atom. The molecule has 0 saturated heterocycles. The standard InChI is InChI=1S/C25H42O3/c1-18(2)22(25(6,7)8)23(27)20(24(3,4)5)16-17-28-21(26)15-14-19-12-10-9-11-13-19/h9-13,18,20,22-23,27H,14-17H2,1-8H3. The molecule has 0 radical (unpaired) electrons. The summed E-state index contributed by atoms with van der Waals surface area (Å²) in [5, 5.41) is 11.3. The van der Waals surface area contributed by atoms with Gasteiger partial charge in [-0.3, -0.25) is 4.79 Å². The molecule has 0 aliphatic rings. The van der Waals surface area contributed by atoms with Crippen LogP contribution in [0.25, 0.3) is 0 Å². The molecular formula is C25H42O3. The normalized spacial score (nSPS) is 15.9. The van der Waals surface area contributed by atoms with Crippen LogP contribution in [0.5, 0.6) is 0 Å². The predicted molar refractivity (Wildman–Crippen MR) is 117 cm³/mol. The number of carbonyl (C=O) groups excluding carboxylic acids is 1. The van der Waals surface area contributed by atoms with Crippen LogP contribution >= 0.6 is 0 Å². The van der Waals surface area contributed by atoms with Crippen LogP contribution in [0.2, 0.25) is 0 Å². The fourth-order valence-corrected chi connectivity index (χ4v) is 4.54. The summed E-state index contributed by atoms with van der Waals surface area (Å²) in [6, 6.07) is 9.99. The Labute approximate surface area is 172 Å². The molecule has 3 nitrogen and oxygen atoms in total. The monoisotopic (exact) mass is 390 g/mol. The Morgan fingerprint density at radius 3 is 2.04 bits per heavy atom. The molecule has 0 heterocycles. The van der Waals surface area contributed by atoms with Crippen molar-refractivity contribution < 1.29 is 14.6 Å². The van der Waals surface area contributed by atoms with E-state index in [0.29, 0.717) is 31.8 Å². The highest BCUT2D eigenvalue weighted by Gasteiger charge is 2.41. The zero-order valence-corrected chi connectivity index (χ0v) is 19.3. The van der Waals surface area contributed by atoms with E-state index >= 15 is 0 Å². The van der Waals surface area contributed by atoms with Crippen LogP contribution in [0.15, 0.2) is 30.3 Å². The third-order valence-electron chi connectivity index (χ3n) is 5.76. The van der Waals surface area contributed by atoms with Gasteiger partial charge in [0.05, 0.1) is 12.7 Å². The van der Waals surface area contributed by atoms with Crippen molar-refractivity contribution in [3.63, 3.8) is 0 Å². The zero-order chi connectivity index (χ0) is 21.5. The minimum Gasteiger partial charge on any atom is -0.466 e. The molecule has 0 aliphatic carbocycles. The molecule has 1 rings (SSSR count). The third-order valence-corrected chi connectivity index (χ3v) is 5.76. The fourth-order valence-electron chi connectivity index (χ4n) is 4.54. The Morgan fingerprint density at radius 2 is 1.57 bits per heavy atom. The van der Waals surface area contributed by atoms with Gasteiger partial charge in [0, 0.05) is 6.42 Å². The number of aliphatic hydroxyl groups excluding tert-OH is 1. The van der Waals surface area contributed by atoms with Gasteiger partial charge < -0.3 is 9.84 Å². The second kappa shape index (κ2) is 10.4. The maximum Gasteiger partial charge on any atom is 0.306 e. The number of esters is 1. The highest BCUT2D eigenvalue weighted by Crippen LogP contribution is 2.43. The average Bonchev–Trinajstić information content (AvgIpc) is 2.54. The maximum absolute atomic E-state index is 12.1. The summed E-state index contributed by atoms with van der Waals surface area (Å²) in [5.41, 5.74) is 1.10. The molecule has 0 aliphatic heterocycles. The lowest BCUT2D eigenvalue weighted by atomic mass is 9.63. The predicted octanol–water partition coefficient (Wildman–Crippen LogP) is 5.89. The SMILES string of the molecule is CC(C)C(C(O)C(CCOC(=O)CCc1ccccc1)C(C)(C)C)C(C)(C)C. The van der Waals surface area contributed by atoms with Gasteiger partial charge in [-0.15, -0.1) is 0 Å². The molecule has 28 heavy (non-hydrogen) atoms. The van der Waals surface area contributed by atoms with Crippen molar-refractivity contribution in [2.45, 2.75) is 80.8 Å². The number of aliphatic hydroxyl groups is 1. The van der Waals surface area contributed by atoms with Gasteiger partial charge in [-0.1, -0.05) is 85.7 Å². The largest absolute Gasteiger partial charge is 0.466 e. The number of aryl methyl sites for hydroxylation is 1. The van der Waals surface area contributed by atoms with Crippen LogP contribution in [-0.2, 0) is 16.0 Å². The molecule has 3 heteroatoms. The van der Waals surface area contributed by atoms with E-state index in [1.54, 1.807) is 0 Å². The van der Waals surface area contributed by atoms with Gasteiger partial charge in [0.25, 0.3) is 0 Å². The lowest BCUT2D eigenvalue weighted by Crippen LogP contribution is -2.45. The number of hydrogen-bond donors (Lipinski definition) is 1. The van der Waals surface area contributed by atoms with E-state index in [0.717, 1.165) is 5.56 Å². The Bertz CT molecular complexity index is 578. The summed E-state index contributed by atoms with van der Waals surface area (Å²) in [6.07, 6.45) is 1.34. The van der Waals surface area contributed by atoms with E-state index in [1.807, 2.05) is 30.3 Å². The molecular weight excluding hydrogens is 348 g/mol. The van der Waals surface area contributed by atoms with Crippen molar-refractivity contribution >= 4 is 5.97 Å². The van der Waals surface area contributed by atoms with Crippen molar-refractivity contribution in [3.05, 3.63) is 35.9 Å². The number of hydrogen-bond acceptors (Lipinski definition) is 3. The van der Waals surface area contributed by atoms with Crippen LogP contribution in [0, 0.1) is 28.6 Å². The fraction of sp³-hybridized carbons (Fsp3) is 0.720. The van der Waals surface area contributed by atoms with E-state index in [4.69, 9.17) is 4.74 Å². The molecule has 160 valence electrons. The highest BCUT2D eigenvalue weighted by molar-refractivity contribution is 5.69. The van der Waals surface area contributed by atoms with E-state index in [2.05, 4.69) is 55.4 Å². The van der Waals surface area contributed by atoms with Gasteiger partial charge >= 0.3 is 5.97 Å². The van der Waals surface area contributed by atoms with Crippen molar-refractivity contribution in [2.75, 3.05) is 6.61 Å². The first-order chi connectivity index (χ1) is 12.8. The molecule has 1 N–H and O–H groups in total. The first kappa shape index (κ1) is 24.7. The highest BCUT2D eigenvalue weighted by atomic mass is 16.5. The summed E-state index contributed by atoms with van der Waals surface area (Å²) < 4.78 is 5.52. The summed E-state index contributed by atoms with van der Waals surface area (Å²) in [6.45, 7) is 17.8. The van der Waals surface area contributed by atoms with Crippen LogP contribution in [0.4, 0.5) is 0 Å². The van der Waals surface area contributed by atoms with Crippen LogP contribution in [0.3, 0.4) is 0 Å². The molecule has 3 atom stereocenters.